The summed E-state index contributed by atoms with van der Waals surface area (Å²) >= 11 is 0. The lowest BCUT2D eigenvalue weighted by atomic mass is 9.77. The van der Waals surface area contributed by atoms with E-state index in [-0.39, 0.29) is 11.9 Å². The summed E-state index contributed by atoms with van der Waals surface area (Å²) in [5.41, 5.74) is 2.26. The summed E-state index contributed by atoms with van der Waals surface area (Å²) in [4.78, 5) is 18.3. The van der Waals surface area contributed by atoms with Crippen molar-refractivity contribution in [3.8, 4) is 0 Å². The van der Waals surface area contributed by atoms with Crippen LogP contribution in [0.1, 0.15) is 94.2 Å². The standard InChI is InChI=1S/C27H40N2O2/c30-25(19-28(23-13-14-23)20-27(31)16-7-2-8-17-27)29-18-15-21-9-5-6-12-24(21)26(29)22-10-3-1-4-11-22/h5-6,9,12,22-23,26,31H,1-4,7-8,10-11,13-20H2. The van der Waals surface area contributed by atoms with Crippen LogP contribution in [0.25, 0.3) is 0 Å². The minimum absolute atomic E-state index is 0.247. The van der Waals surface area contributed by atoms with Gasteiger partial charge in [0.1, 0.15) is 0 Å². The van der Waals surface area contributed by atoms with E-state index in [1.807, 2.05) is 0 Å². The molecule has 4 heteroatoms. The third kappa shape index (κ3) is 4.85. The van der Waals surface area contributed by atoms with Gasteiger partial charge in [-0.3, -0.25) is 9.69 Å². The monoisotopic (exact) mass is 424 g/mol. The number of carbonyl (C=O) groups is 1. The van der Waals surface area contributed by atoms with Gasteiger partial charge in [-0.15, -0.1) is 0 Å². The van der Waals surface area contributed by atoms with Crippen LogP contribution in [-0.2, 0) is 11.2 Å². The predicted molar refractivity (Wildman–Crippen MR) is 124 cm³/mol. The number of fused-ring (bicyclic) bond motifs is 1. The molecule has 1 aromatic rings. The second-order valence-corrected chi connectivity index (χ2v) is 10.8. The van der Waals surface area contributed by atoms with Crippen LogP contribution in [0.5, 0.6) is 0 Å². The first kappa shape index (κ1) is 21.5. The Hall–Kier alpha value is -1.39. The lowest BCUT2D eigenvalue weighted by molar-refractivity contribution is -0.138. The summed E-state index contributed by atoms with van der Waals surface area (Å²) in [6, 6.07) is 9.59. The average molecular weight is 425 g/mol. The molecule has 0 aromatic heterocycles. The van der Waals surface area contributed by atoms with Crippen molar-refractivity contribution >= 4 is 5.91 Å². The van der Waals surface area contributed by atoms with Gasteiger partial charge < -0.3 is 10.0 Å². The molecule has 1 aromatic carbocycles. The zero-order chi connectivity index (χ0) is 21.3. The molecule has 0 saturated heterocycles. The third-order valence-corrected chi connectivity index (χ3v) is 8.43. The highest BCUT2D eigenvalue weighted by Crippen LogP contribution is 2.42. The van der Waals surface area contributed by atoms with Crippen molar-refractivity contribution in [3.05, 3.63) is 35.4 Å². The molecule has 170 valence electrons. The smallest absolute Gasteiger partial charge is 0.237 e. The highest BCUT2D eigenvalue weighted by Gasteiger charge is 2.41. The minimum Gasteiger partial charge on any atom is -0.389 e. The molecule has 1 unspecified atom stereocenters. The number of amides is 1. The molecule has 5 rings (SSSR count). The van der Waals surface area contributed by atoms with Crippen molar-refractivity contribution in [1.29, 1.82) is 0 Å². The van der Waals surface area contributed by atoms with Gasteiger partial charge in [-0.1, -0.05) is 62.8 Å². The maximum atomic E-state index is 13.8. The maximum Gasteiger partial charge on any atom is 0.237 e. The van der Waals surface area contributed by atoms with Crippen LogP contribution in [0.4, 0.5) is 0 Å². The van der Waals surface area contributed by atoms with Gasteiger partial charge in [-0.05, 0) is 62.0 Å². The lowest BCUT2D eigenvalue weighted by Crippen LogP contribution is -2.51. The second kappa shape index (κ2) is 9.23. The summed E-state index contributed by atoms with van der Waals surface area (Å²) in [5.74, 6) is 0.882. The molecular weight excluding hydrogens is 384 g/mol. The van der Waals surface area contributed by atoms with E-state index in [9.17, 15) is 9.90 Å². The molecule has 31 heavy (non-hydrogen) atoms. The molecule has 1 atom stereocenters. The number of hydrogen-bond donors (Lipinski definition) is 1. The van der Waals surface area contributed by atoms with Crippen molar-refractivity contribution < 1.29 is 9.90 Å². The Morgan fingerprint density at radius 1 is 1.00 bits per heavy atom. The maximum absolute atomic E-state index is 13.8. The normalized spacial score (nSPS) is 26.6. The van der Waals surface area contributed by atoms with Crippen LogP contribution >= 0.6 is 0 Å². The first-order chi connectivity index (χ1) is 15.1. The highest BCUT2D eigenvalue weighted by molar-refractivity contribution is 5.79. The van der Waals surface area contributed by atoms with Crippen LogP contribution in [0.15, 0.2) is 24.3 Å². The van der Waals surface area contributed by atoms with Gasteiger partial charge >= 0.3 is 0 Å². The molecule has 0 spiro atoms. The fraction of sp³-hybridized carbons (Fsp3) is 0.741. The third-order valence-electron chi connectivity index (χ3n) is 8.43. The van der Waals surface area contributed by atoms with E-state index in [0.29, 0.717) is 25.0 Å². The Labute approximate surface area is 188 Å². The summed E-state index contributed by atoms with van der Waals surface area (Å²) in [6.45, 7) is 2.01. The Morgan fingerprint density at radius 3 is 2.45 bits per heavy atom. The van der Waals surface area contributed by atoms with Gasteiger partial charge in [0.25, 0.3) is 0 Å². The van der Waals surface area contributed by atoms with Gasteiger partial charge in [0.05, 0.1) is 18.2 Å². The van der Waals surface area contributed by atoms with Crippen LogP contribution in [-0.4, -0.2) is 52.1 Å². The second-order valence-electron chi connectivity index (χ2n) is 10.8. The van der Waals surface area contributed by atoms with Gasteiger partial charge in [0, 0.05) is 19.1 Å². The van der Waals surface area contributed by atoms with Crippen molar-refractivity contribution in [2.75, 3.05) is 19.6 Å². The fourth-order valence-corrected chi connectivity index (χ4v) is 6.60. The fourth-order valence-electron chi connectivity index (χ4n) is 6.60. The van der Waals surface area contributed by atoms with E-state index in [1.54, 1.807) is 0 Å². The van der Waals surface area contributed by atoms with Crippen molar-refractivity contribution in [3.63, 3.8) is 0 Å². The van der Waals surface area contributed by atoms with Crippen LogP contribution < -0.4 is 0 Å². The summed E-state index contributed by atoms with van der Waals surface area (Å²) in [7, 11) is 0. The van der Waals surface area contributed by atoms with Gasteiger partial charge in [0.15, 0.2) is 0 Å². The van der Waals surface area contributed by atoms with E-state index in [2.05, 4.69) is 34.1 Å². The van der Waals surface area contributed by atoms with Crippen LogP contribution in [0.2, 0.25) is 0 Å². The van der Waals surface area contributed by atoms with Crippen molar-refractivity contribution in [2.24, 2.45) is 5.92 Å². The number of benzene rings is 1. The van der Waals surface area contributed by atoms with Crippen LogP contribution in [0, 0.1) is 5.92 Å². The lowest BCUT2D eigenvalue weighted by Gasteiger charge is -2.44. The molecule has 3 fully saturated rings. The van der Waals surface area contributed by atoms with E-state index in [4.69, 9.17) is 0 Å². The van der Waals surface area contributed by atoms with Gasteiger partial charge in [-0.2, -0.15) is 0 Å². The Balaban J connectivity index is 1.34. The Kier molecular flexibility index (Phi) is 6.39. The van der Waals surface area contributed by atoms with E-state index in [1.165, 1.54) is 62.5 Å². The molecule has 1 amide bonds. The number of rotatable bonds is 6. The molecule has 1 aliphatic heterocycles. The average Bonchev–Trinajstić information content (AvgIpc) is 3.64. The zero-order valence-electron chi connectivity index (χ0n) is 19.1. The van der Waals surface area contributed by atoms with Crippen molar-refractivity contribution in [1.82, 2.24) is 9.80 Å². The topological polar surface area (TPSA) is 43.8 Å². The van der Waals surface area contributed by atoms with Gasteiger partial charge in [-0.25, -0.2) is 0 Å². The number of hydrogen-bond acceptors (Lipinski definition) is 3. The van der Waals surface area contributed by atoms with Crippen molar-refractivity contribution in [2.45, 2.75) is 101 Å². The van der Waals surface area contributed by atoms with E-state index < -0.39 is 5.60 Å². The largest absolute Gasteiger partial charge is 0.389 e. The van der Waals surface area contributed by atoms with Gasteiger partial charge in [0.2, 0.25) is 5.91 Å². The van der Waals surface area contributed by atoms with Crippen LogP contribution in [0.3, 0.4) is 0 Å². The summed E-state index contributed by atoms with van der Waals surface area (Å²) in [6.07, 6.45) is 15.0. The van der Waals surface area contributed by atoms with E-state index >= 15 is 0 Å². The number of carbonyl (C=O) groups excluding carboxylic acids is 1. The molecule has 3 aliphatic carbocycles. The molecule has 0 bridgehead atoms. The highest BCUT2D eigenvalue weighted by atomic mass is 16.3. The van der Waals surface area contributed by atoms with E-state index in [0.717, 1.165) is 38.6 Å². The number of nitrogens with zero attached hydrogens (tertiary/aromatic N) is 2. The molecule has 0 radical (unpaired) electrons. The zero-order valence-corrected chi connectivity index (χ0v) is 19.1. The minimum atomic E-state index is -0.585. The molecule has 1 heterocycles. The summed E-state index contributed by atoms with van der Waals surface area (Å²) in [5, 5.41) is 11.2. The molecule has 4 aliphatic rings. The number of aliphatic hydroxyl groups is 1. The molecule has 1 N–H and O–H groups in total. The first-order valence-electron chi connectivity index (χ1n) is 13.0. The molecule has 3 saturated carbocycles. The Bertz CT molecular complexity index is 762. The Morgan fingerprint density at radius 2 is 1.71 bits per heavy atom. The molecular formula is C27H40N2O2. The summed E-state index contributed by atoms with van der Waals surface area (Å²) < 4.78 is 0. The first-order valence-corrected chi connectivity index (χ1v) is 13.0. The molecule has 4 nitrogen and oxygen atoms in total. The quantitative estimate of drug-likeness (QED) is 0.710. The SMILES string of the molecule is O=C(CN(CC1(O)CCCCC1)C1CC1)N1CCc2ccccc2C1C1CCCCC1. The predicted octanol–water partition coefficient (Wildman–Crippen LogP) is 4.85.